The summed E-state index contributed by atoms with van der Waals surface area (Å²) in [6.07, 6.45) is 2.19. The van der Waals surface area contributed by atoms with Crippen LogP contribution in [-0.4, -0.2) is 34.6 Å². The van der Waals surface area contributed by atoms with Gasteiger partial charge in [0.25, 0.3) is 0 Å². The molecule has 6 heteroatoms. The predicted octanol–water partition coefficient (Wildman–Crippen LogP) is 3.80. The Kier molecular flexibility index (Phi) is 5.30. The largest absolute Gasteiger partial charge is 0.368 e. The third-order valence-electron chi connectivity index (χ3n) is 4.85. The van der Waals surface area contributed by atoms with Crippen LogP contribution < -0.4 is 4.90 Å². The van der Waals surface area contributed by atoms with E-state index in [1.807, 2.05) is 38.1 Å². The van der Waals surface area contributed by atoms with Gasteiger partial charge in [-0.15, -0.1) is 0 Å². The van der Waals surface area contributed by atoms with Crippen LogP contribution in [0.15, 0.2) is 48.7 Å². The summed E-state index contributed by atoms with van der Waals surface area (Å²) in [5.41, 5.74) is 4.43. The van der Waals surface area contributed by atoms with E-state index in [1.54, 1.807) is 18.3 Å². The summed E-state index contributed by atoms with van der Waals surface area (Å²) in [6, 6.07) is 12.8. The molecule has 1 aliphatic heterocycles. The number of morpholine rings is 1. The Morgan fingerprint density at radius 2 is 1.89 bits per heavy atom. The summed E-state index contributed by atoms with van der Waals surface area (Å²) < 4.78 is 19.8. The van der Waals surface area contributed by atoms with E-state index in [9.17, 15) is 4.39 Å². The van der Waals surface area contributed by atoms with Gasteiger partial charge in [-0.2, -0.15) is 0 Å². The molecule has 2 aromatic heterocycles. The maximum Gasteiger partial charge on any atom is 0.225 e. The van der Waals surface area contributed by atoms with Crippen LogP contribution in [0.3, 0.4) is 0 Å². The Morgan fingerprint density at radius 3 is 2.61 bits per heavy atom. The fourth-order valence-electron chi connectivity index (χ4n) is 3.45. The quantitative estimate of drug-likeness (QED) is 0.691. The van der Waals surface area contributed by atoms with Gasteiger partial charge in [-0.25, -0.2) is 14.4 Å². The van der Waals surface area contributed by atoms with E-state index in [0.717, 1.165) is 35.1 Å². The van der Waals surface area contributed by atoms with Crippen molar-refractivity contribution in [2.24, 2.45) is 0 Å². The van der Waals surface area contributed by atoms with Crippen molar-refractivity contribution < 1.29 is 9.13 Å². The molecule has 0 bridgehead atoms. The summed E-state index contributed by atoms with van der Waals surface area (Å²) in [4.78, 5) is 15.8. The first-order valence-electron chi connectivity index (χ1n) is 9.45. The first-order chi connectivity index (χ1) is 13.6. The number of hydrogen-bond donors (Lipinski definition) is 0. The van der Waals surface area contributed by atoms with Crippen LogP contribution in [0, 0.1) is 19.7 Å². The highest BCUT2D eigenvalue weighted by Crippen LogP contribution is 2.24. The van der Waals surface area contributed by atoms with Gasteiger partial charge in [0.1, 0.15) is 11.9 Å². The van der Waals surface area contributed by atoms with Gasteiger partial charge in [-0.05, 0) is 43.2 Å². The zero-order valence-corrected chi connectivity index (χ0v) is 16.1. The average molecular weight is 378 g/mol. The fraction of sp³-hybridized carbons (Fsp3) is 0.318. The van der Waals surface area contributed by atoms with Crippen molar-refractivity contribution in [1.29, 1.82) is 0 Å². The summed E-state index contributed by atoms with van der Waals surface area (Å²) in [6.45, 7) is 5.96. The molecule has 1 aliphatic rings. The second-order valence-corrected chi connectivity index (χ2v) is 7.12. The lowest BCUT2D eigenvalue weighted by molar-refractivity contribution is 0.0364. The second kappa shape index (κ2) is 8.02. The highest BCUT2D eigenvalue weighted by molar-refractivity contribution is 5.34. The number of anilines is 1. The zero-order valence-electron chi connectivity index (χ0n) is 16.1. The van der Waals surface area contributed by atoms with Crippen molar-refractivity contribution in [3.05, 3.63) is 82.7 Å². The number of nitrogens with zero attached hydrogens (tertiary/aromatic N) is 4. The standard InChI is InChI=1S/C22H23FN4O/c1-15-11-16(2)26-22(25-15)27-9-10-28-21(14-27)20-8-7-17(13-24-20)12-18-5-3-4-6-19(18)23/h3-8,11,13,21H,9-10,12,14H2,1-2H3. The van der Waals surface area contributed by atoms with Gasteiger partial charge < -0.3 is 9.64 Å². The van der Waals surface area contributed by atoms with Crippen LogP contribution in [0.2, 0.25) is 0 Å². The van der Waals surface area contributed by atoms with Crippen LogP contribution in [-0.2, 0) is 11.2 Å². The first-order valence-corrected chi connectivity index (χ1v) is 9.45. The number of rotatable bonds is 4. The summed E-state index contributed by atoms with van der Waals surface area (Å²) in [5.74, 6) is 0.549. The van der Waals surface area contributed by atoms with Crippen molar-refractivity contribution in [1.82, 2.24) is 15.0 Å². The molecule has 3 heterocycles. The molecule has 1 unspecified atom stereocenters. The van der Waals surface area contributed by atoms with Gasteiger partial charge >= 0.3 is 0 Å². The minimum absolute atomic E-state index is 0.138. The van der Waals surface area contributed by atoms with Crippen molar-refractivity contribution in [2.45, 2.75) is 26.4 Å². The molecule has 1 fully saturated rings. The summed E-state index contributed by atoms with van der Waals surface area (Å²) >= 11 is 0. The number of halogens is 1. The molecule has 144 valence electrons. The minimum atomic E-state index is -0.189. The molecule has 0 N–H and O–H groups in total. The van der Waals surface area contributed by atoms with E-state index in [0.29, 0.717) is 25.1 Å². The summed E-state index contributed by atoms with van der Waals surface area (Å²) in [7, 11) is 0. The van der Waals surface area contributed by atoms with Gasteiger partial charge in [0.05, 0.1) is 18.8 Å². The minimum Gasteiger partial charge on any atom is -0.368 e. The van der Waals surface area contributed by atoms with Crippen LogP contribution in [0.5, 0.6) is 0 Å². The molecule has 28 heavy (non-hydrogen) atoms. The monoisotopic (exact) mass is 378 g/mol. The molecule has 1 atom stereocenters. The van der Waals surface area contributed by atoms with E-state index in [4.69, 9.17) is 4.74 Å². The fourth-order valence-corrected chi connectivity index (χ4v) is 3.45. The van der Waals surface area contributed by atoms with E-state index in [1.165, 1.54) is 6.07 Å². The SMILES string of the molecule is Cc1cc(C)nc(N2CCOC(c3ccc(Cc4ccccc4F)cn3)C2)n1. The van der Waals surface area contributed by atoms with Gasteiger partial charge in [0.2, 0.25) is 5.95 Å². The highest BCUT2D eigenvalue weighted by Gasteiger charge is 2.25. The first kappa shape index (κ1) is 18.5. The molecule has 0 amide bonds. The zero-order chi connectivity index (χ0) is 19.5. The predicted molar refractivity (Wildman–Crippen MR) is 106 cm³/mol. The van der Waals surface area contributed by atoms with E-state index in [-0.39, 0.29) is 11.9 Å². The molecule has 4 rings (SSSR count). The molecule has 0 saturated carbocycles. The third-order valence-corrected chi connectivity index (χ3v) is 4.85. The normalized spacial score (nSPS) is 17.0. The van der Waals surface area contributed by atoms with Crippen molar-refractivity contribution >= 4 is 5.95 Å². The number of aromatic nitrogens is 3. The van der Waals surface area contributed by atoms with Crippen LogP contribution in [0.25, 0.3) is 0 Å². The Labute approximate surface area is 164 Å². The molecule has 5 nitrogen and oxygen atoms in total. The molecule has 0 radical (unpaired) electrons. The van der Waals surface area contributed by atoms with E-state index in [2.05, 4.69) is 19.9 Å². The van der Waals surface area contributed by atoms with Gasteiger partial charge in [-0.1, -0.05) is 24.3 Å². The van der Waals surface area contributed by atoms with Crippen molar-refractivity contribution in [3.8, 4) is 0 Å². The lowest BCUT2D eigenvalue weighted by Crippen LogP contribution is -2.39. The highest BCUT2D eigenvalue weighted by atomic mass is 19.1. The number of benzene rings is 1. The third kappa shape index (κ3) is 4.17. The maximum absolute atomic E-state index is 13.8. The second-order valence-electron chi connectivity index (χ2n) is 7.12. The van der Waals surface area contributed by atoms with E-state index < -0.39 is 0 Å². The van der Waals surface area contributed by atoms with Gasteiger partial charge in [0, 0.05) is 30.6 Å². The molecule has 0 spiro atoms. The number of aryl methyl sites for hydroxylation is 2. The molecule has 1 aromatic carbocycles. The van der Waals surface area contributed by atoms with Crippen molar-refractivity contribution in [3.63, 3.8) is 0 Å². The molecule has 1 saturated heterocycles. The van der Waals surface area contributed by atoms with Crippen LogP contribution >= 0.6 is 0 Å². The van der Waals surface area contributed by atoms with E-state index >= 15 is 0 Å². The molecular formula is C22H23FN4O. The maximum atomic E-state index is 13.8. The average Bonchev–Trinajstić information content (AvgIpc) is 2.70. The van der Waals surface area contributed by atoms with Gasteiger partial charge in [-0.3, -0.25) is 4.98 Å². The summed E-state index contributed by atoms with van der Waals surface area (Å²) in [5, 5.41) is 0. The van der Waals surface area contributed by atoms with Crippen LogP contribution in [0.1, 0.15) is 34.3 Å². The Bertz CT molecular complexity index is 941. The van der Waals surface area contributed by atoms with Crippen LogP contribution in [0.4, 0.5) is 10.3 Å². The Hall–Kier alpha value is -2.86. The van der Waals surface area contributed by atoms with Crippen molar-refractivity contribution in [2.75, 3.05) is 24.6 Å². The van der Waals surface area contributed by atoms with Gasteiger partial charge in [0.15, 0.2) is 0 Å². The molecule has 0 aliphatic carbocycles. The molecular weight excluding hydrogens is 355 g/mol. The molecule has 3 aromatic rings. The Morgan fingerprint density at radius 1 is 1.11 bits per heavy atom. The number of hydrogen-bond acceptors (Lipinski definition) is 5. The topological polar surface area (TPSA) is 51.1 Å². The number of pyridine rings is 1. The number of ether oxygens (including phenoxy) is 1. The smallest absolute Gasteiger partial charge is 0.225 e. The Balaban J connectivity index is 1.47. The lowest BCUT2D eigenvalue weighted by Gasteiger charge is -2.33. The lowest BCUT2D eigenvalue weighted by atomic mass is 10.1.